The molecule has 15 nitrogen and oxygen atoms in total. The van der Waals surface area contributed by atoms with Gasteiger partial charge in [0.1, 0.15) is 36.3 Å². The van der Waals surface area contributed by atoms with E-state index >= 15 is 0 Å². The van der Waals surface area contributed by atoms with Crippen LogP contribution in [-0.2, 0) is 52.8 Å². The maximum absolute atomic E-state index is 14.7. The van der Waals surface area contributed by atoms with Crippen molar-refractivity contribution >= 4 is 52.3 Å². The molecule has 1 aliphatic carbocycles. The Bertz CT molecular complexity index is 2300. The van der Waals surface area contributed by atoms with E-state index in [0.717, 1.165) is 59.7 Å². The number of H-pyrrole nitrogens is 1. The van der Waals surface area contributed by atoms with Gasteiger partial charge in [-0.25, -0.2) is 0 Å². The summed E-state index contributed by atoms with van der Waals surface area (Å²) in [6, 6.07) is 20.0. The van der Waals surface area contributed by atoms with E-state index in [2.05, 4.69) is 36.9 Å². The number of hydrogen-bond acceptors (Lipinski definition) is 7. The number of amides is 7. The summed E-state index contributed by atoms with van der Waals surface area (Å²) in [5.74, 6) is -3.30. The zero-order chi connectivity index (χ0) is 45.7. The van der Waals surface area contributed by atoms with Gasteiger partial charge in [0.2, 0.25) is 41.4 Å². The van der Waals surface area contributed by atoms with E-state index < -0.39 is 77.6 Å². The van der Waals surface area contributed by atoms with Crippen molar-refractivity contribution < 1.29 is 33.6 Å². The second kappa shape index (κ2) is 22.4. The Balaban J connectivity index is 1.20. The van der Waals surface area contributed by atoms with E-state index in [1.165, 1.54) is 11.8 Å². The van der Waals surface area contributed by atoms with Gasteiger partial charge in [-0.15, -0.1) is 0 Å². The minimum atomic E-state index is -1.12. The number of benzene rings is 3. The highest BCUT2D eigenvalue weighted by atomic mass is 16.2. The van der Waals surface area contributed by atoms with Crippen LogP contribution in [0.5, 0.6) is 0 Å². The molecule has 2 aliphatic heterocycles. The summed E-state index contributed by atoms with van der Waals surface area (Å²) in [5, 5.41) is 18.4. The second-order valence-electron chi connectivity index (χ2n) is 17.8. The van der Waals surface area contributed by atoms with Gasteiger partial charge in [0, 0.05) is 56.4 Å². The smallest absolute Gasteiger partial charge is 0.245 e. The van der Waals surface area contributed by atoms with Crippen LogP contribution in [0.3, 0.4) is 0 Å². The first-order chi connectivity index (χ1) is 31.5. The molecule has 7 N–H and O–H groups in total. The lowest BCUT2D eigenvalue weighted by Gasteiger charge is -2.32. The monoisotopic (exact) mass is 886 g/mol. The molecule has 65 heavy (non-hydrogen) atoms. The third-order valence-corrected chi connectivity index (χ3v) is 13.0. The summed E-state index contributed by atoms with van der Waals surface area (Å²) in [7, 11) is 0. The molecular formula is C50H62N8O7. The van der Waals surface area contributed by atoms with Crippen LogP contribution >= 0.6 is 0 Å². The Morgan fingerprint density at radius 2 is 1.32 bits per heavy atom. The normalized spacial score (nSPS) is 23.5. The Kier molecular flexibility index (Phi) is 16.0. The zero-order valence-corrected chi connectivity index (χ0v) is 37.1. The van der Waals surface area contributed by atoms with Gasteiger partial charge in [0.15, 0.2) is 0 Å². The summed E-state index contributed by atoms with van der Waals surface area (Å²) < 4.78 is 0. The third kappa shape index (κ3) is 12.6. The first-order valence-electron chi connectivity index (χ1n) is 23.2. The molecular weight excluding hydrogens is 825 g/mol. The van der Waals surface area contributed by atoms with Gasteiger partial charge in [-0.1, -0.05) is 111 Å². The molecule has 3 aliphatic rings. The van der Waals surface area contributed by atoms with Crippen LogP contribution in [0.25, 0.3) is 10.9 Å². The second-order valence-corrected chi connectivity index (χ2v) is 17.8. The number of nitrogens with zero attached hydrogens (tertiary/aromatic N) is 1. The van der Waals surface area contributed by atoms with Crippen molar-refractivity contribution in [1.29, 1.82) is 0 Å². The van der Waals surface area contributed by atoms with Crippen LogP contribution in [0.1, 0.15) is 87.8 Å². The first kappa shape index (κ1) is 46.5. The van der Waals surface area contributed by atoms with Crippen molar-refractivity contribution in [2.75, 3.05) is 13.1 Å². The van der Waals surface area contributed by atoms with Crippen molar-refractivity contribution in [2.45, 2.75) is 127 Å². The summed E-state index contributed by atoms with van der Waals surface area (Å²) in [6.45, 7) is 1.68. The Morgan fingerprint density at radius 3 is 2.05 bits per heavy atom. The highest BCUT2D eigenvalue weighted by molar-refractivity contribution is 5.98. The Hall–Kier alpha value is -6.51. The maximum Gasteiger partial charge on any atom is 0.245 e. The fourth-order valence-electron chi connectivity index (χ4n) is 9.57. The standard InChI is InChI=1S/C50H62N8O7/c1-32(59)53-41(28-34-17-7-3-8-18-34)46(61)54-39-23-13-25-51-45(60)40(27-33-15-5-2-6-16-33)55-48(63)43(30-36-31-52-38-22-12-11-21-37(36)38)56-47(62)42(29-35-19-9-4-10-20-35)57-49(64)44-24-14-26-58(44)50(39)65/h2-3,5-8,11-12,15-18,21-22,31,35,39-44,52H,4,9-10,13-14,19-20,23-30H2,1H3,(H,51,60)(H,53,59)(H,54,61)(H,55,63)(H,56,62)(H,57,64)/t39-,40-,41-,42+,43-,44-/m0/s1. The average molecular weight is 887 g/mol. The largest absolute Gasteiger partial charge is 0.361 e. The van der Waals surface area contributed by atoms with E-state index in [4.69, 9.17) is 0 Å². The lowest BCUT2D eigenvalue weighted by molar-refractivity contribution is -0.142. The summed E-state index contributed by atoms with van der Waals surface area (Å²) in [6.07, 6.45) is 8.75. The molecule has 1 aromatic heterocycles. The molecule has 7 rings (SSSR count). The minimum absolute atomic E-state index is 0.0983. The number of rotatable bonds is 11. The lowest BCUT2D eigenvalue weighted by atomic mass is 9.84. The molecule has 1 saturated carbocycles. The molecule has 4 aromatic rings. The van der Waals surface area contributed by atoms with Gasteiger partial charge in [-0.3, -0.25) is 33.6 Å². The molecule has 2 saturated heterocycles. The van der Waals surface area contributed by atoms with Crippen LogP contribution in [0, 0.1) is 5.92 Å². The van der Waals surface area contributed by atoms with Crippen LogP contribution in [0.2, 0.25) is 0 Å². The van der Waals surface area contributed by atoms with Gasteiger partial charge >= 0.3 is 0 Å². The molecule has 3 aromatic carbocycles. The highest BCUT2D eigenvalue weighted by Crippen LogP contribution is 2.28. The molecule has 0 spiro atoms. The fraction of sp³-hybridized carbons (Fsp3) is 0.460. The van der Waals surface area contributed by atoms with E-state index in [-0.39, 0.29) is 51.1 Å². The molecule has 344 valence electrons. The first-order valence-corrected chi connectivity index (χ1v) is 23.2. The van der Waals surface area contributed by atoms with Gasteiger partial charge < -0.3 is 41.8 Å². The molecule has 0 radical (unpaired) electrons. The van der Waals surface area contributed by atoms with Crippen molar-refractivity contribution in [2.24, 2.45) is 5.92 Å². The molecule has 15 heteroatoms. The highest BCUT2D eigenvalue weighted by Gasteiger charge is 2.40. The maximum atomic E-state index is 14.7. The number of fused-ring (bicyclic) bond motifs is 2. The van der Waals surface area contributed by atoms with Crippen LogP contribution in [-0.4, -0.2) is 101 Å². The van der Waals surface area contributed by atoms with Crippen molar-refractivity contribution in [3.05, 3.63) is 108 Å². The quantitative estimate of drug-likeness (QED) is 0.119. The molecule has 3 heterocycles. The summed E-state index contributed by atoms with van der Waals surface area (Å²) >= 11 is 0. The average Bonchev–Trinajstić information content (AvgIpc) is 3.97. The number of aromatic amines is 1. The number of aromatic nitrogens is 1. The van der Waals surface area contributed by atoms with Gasteiger partial charge in [-0.2, -0.15) is 0 Å². The minimum Gasteiger partial charge on any atom is -0.361 e. The number of carbonyl (C=O) groups excluding carboxylic acids is 7. The van der Waals surface area contributed by atoms with Crippen molar-refractivity contribution in [3.63, 3.8) is 0 Å². The zero-order valence-electron chi connectivity index (χ0n) is 37.1. The summed E-state index contributed by atoms with van der Waals surface area (Å²) in [4.78, 5) is 103. The fourth-order valence-corrected chi connectivity index (χ4v) is 9.57. The predicted octanol–water partition coefficient (Wildman–Crippen LogP) is 3.51. The Morgan fingerprint density at radius 1 is 0.677 bits per heavy atom. The predicted molar refractivity (Wildman–Crippen MR) is 246 cm³/mol. The number of nitrogens with one attached hydrogen (secondary N) is 7. The van der Waals surface area contributed by atoms with Crippen molar-refractivity contribution in [1.82, 2.24) is 41.8 Å². The topological polar surface area (TPSA) is 211 Å². The third-order valence-electron chi connectivity index (χ3n) is 13.0. The SMILES string of the molecule is CC(=O)N[C@@H](Cc1ccccc1)C(=O)N[C@H]1CCCNC(=O)[C@H](Cc2ccccc2)NC(=O)[C@H](Cc2c[nH]c3ccccc23)NC(=O)[C@@H](CC2CCCCC2)NC(=O)[C@@H]2CCCN2C1=O. The van der Waals surface area contributed by atoms with Crippen molar-refractivity contribution in [3.8, 4) is 0 Å². The van der Waals surface area contributed by atoms with E-state index in [0.29, 0.717) is 19.3 Å². The molecule has 0 unspecified atom stereocenters. The number of hydrogen-bond donors (Lipinski definition) is 7. The van der Waals surface area contributed by atoms with Crippen LogP contribution in [0.4, 0.5) is 0 Å². The van der Waals surface area contributed by atoms with Crippen LogP contribution < -0.4 is 31.9 Å². The molecule has 3 fully saturated rings. The molecule has 6 atom stereocenters. The van der Waals surface area contributed by atoms with Gasteiger partial charge in [-0.05, 0) is 60.8 Å². The lowest BCUT2D eigenvalue weighted by Crippen LogP contribution is -2.60. The van der Waals surface area contributed by atoms with E-state index in [9.17, 15) is 33.6 Å². The number of para-hydroxylation sites is 1. The van der Waals surface area contributed by atoms with E-state index in [1.807, 2.05) is 91.1 Å². The molecule has 0 bridgehead atoms. The number of carbonyl (C=O) groups is 7. The van der Waals surface area contributed by atoms with Gasteiger partial charge in [0.05, 0.1) is 0 Å². The van der Waals surface area contributed by atoms with Crippen LogP contribution in [0.15, 0.2) is 91.1 Å². The van der Waals surface area contributed by atoms with E-state index in [1.54, 1.807) is 0 Å². The Labute approximate surface area is 380 Å². The summed E-state index contributed by atoms with van der Waals surface area (Å²) in [5.41, 5.74) is 3.28. The molecule has 7 amide bonds. The van der Waals surface area contributed by atoms with Gasteiger partial charge in [0.25, 0.3) is 0 Å².